The lowest BCUT2D eigenvalue weighted by atomic mass is 10.0. The lowest BCUT2D eigenvalue weighted by Gasteiger charge is -2.23. The maximum atomic E-state index is 12.0. The van der Waals surface area contributed by atoms with Gasteiger partial charge in [0.25, 0.3) is 0 Å². The molecule has 2 atom stereocenters. The van der Waals surface area contributed by atoms with Crippen molar-refractivity contribution in [3.63, 3.8) is 0 Å². The minimum Gasteiger partial charge on any atom is -0.383 e. The summed E-state index contributed by atoms with van der Waals surface area (Å²) < 4.78 is 0. The molecular formula is C17H26N2O3S. The van der Waals surface area contributed by atoms with Crippen molar-refractivity contribution < 1.29 is 14.7 Å². The molecule has 1 fully saturated rings. The van der Waals surface area contributed by atoms with Crippen LogP contribution in [0.1, 0.15) is 50.8 Å². The third-order valence-electron chi connectivity index (χ3n) is 4.29. The van der Waals surface area contributed by atoms with Crippen molar-refractivity contribution >= 4 is 23.2 Å². The number of rotatable bonds is 7. The van der Waals surface area contributed by atoms with Crippen LogP contribution in [0.4, 0.5) is 0 Å². The first-order chi connectivity index (χ1) is 10.9. The van der Waals surface area contributed by atoms with Crippen molar-refractivity contribution in [2.24, 2.45) is 5.92 Å². The molecule has 2 unspecified atom stereocenters. The molecule has 0 spiro atoms. The number of amides is 2. The standard InChI is InChI=1S/C17H26N2O3S/c1-12(19-16(21)13-6-3-4-7-13)10-15(20)18-11-17(2,22)14-8-5-9-23-14/h5,8-9,12-13,22H,3-4,6-7,10-11H2,1-2H3,(H,18,20)(H,19,21). The Morgan fingerprint density at radius 2 is 2.13 bits per heavy atom. The van der Waals surface area contributed by atoms with Gasteiger partial charge in [-0.3, -0.25) is 9.59 Å². The quantitative estimate of drug-likeness (QED) is 0.713. The number of nitrogens with one attached hydrogen (secondary N) is 2. The summed E-state index contributed by atoms with van der Waals surface area (Å²) in [5, 5.41) is 17.9. The Labute approximate surface area is 141 Å². The highest BCUT2D eigenvalue weighted by atomic mass is 32.1. The van der Waals surface area contributed by atoms with E-state index >= 15 is 0 Å². The number of hydrogen-bond donors (Lipinski definition) is 3. The highest BCUT2D eigenvalue weighted by Crippen LogP contribution is 2.25. The molecule has 1 aromatic rings. The van der Waals surface area contributed by atoms with Gasteiger partial charge in [0, 0.05) is 23.3 Å². The fourth-order valence-electron chi connectivity index (χ4n) is 2.89. The zero-order valence-corrected chi connectivity index (χ0v) is 14.6. The number of carbonyl (C=O) groups is 2. The van der Waals surface area contributed by atoms with Crippen LogP contribution in [-0.2, 0) is 15.2 Å². The average Bonchev–Trinajstić information content (AvgIpc) is 3.17. The molecule has 128 valence electrons. The maximum Gasteiger partial charge on any atom is 0.223 e. The zero-order chi connectivity index (χ0) is 16.9. The van der Waals surface area contributed by atoms with E-state index in [1.54, 1.807) is 6.92 Å². The van der Waals surface area contributed by atoms with E-state index in [2.05, 4.69) is 10.6 Å². The molecule has 1 heterocycles. The van der Waals surface area contributed by atoms with E-state index in [1.807, 2.05) is 24.4 Å². The molecule has 2 rings (SSSR count). The Morgan fingerprint density at radius 1 is 1.43 bits per heavy atom. The summed E-state index contributed by atoms with van der Waals surface area (Å²) in [4.78, 5) is 24.9. The molecule has 0 radical (unpaired) electrons. The average molecular weight is 338 g/mol. The summed E-state index contributed by atoms with van der Waals surface area (Å²) >= 11 is 1.46. The van der Waals surface area contributed by atoms with Crippen LogP contribution in [0.3, 0.4) is 0 Å². The smallest absolute Gasteiger partial charge is 0.223 e. The van der Waals surface area contributed by atoms with Crippen molar-refractivity contribution in [3.05, 3.63) is 22.4 Å². The third kappa shape index (κ3) is 5.32. The van der Waals surface area contributed by atoms with E-state index in [0.29, 0.717) is 0 Å². The molecule has 1 aliphatic rings. The monoisotopic (exact) mass is 338 g/mol. The normalized spacial score (nSPS) is 19.1. The molecule has 0 aliphatic heterocycles. The first kappa shape index (κ1) is 17.9. The van der Waals surface area contributed by atoms with Gasteiger partial charge in [0.2, 0.25) is 11.8 Å². The van der Waals surface area contributed by atoms with E-state index in [9.17, 15) is 14.7 Å². The Bertz CT molecular complexity index is 522. The van der Waals surface area contributed by atoms with Gasteiger partial charge >= 0.3 is 0 Å². The van der Waals surface area contributed by atoms with Gasteiger partial charge in [0.15, 0.2) is 0 Å². The first-order valence-corrected chi connectivity index (χ1v) is 9.10. The fourth-order valence-corrected chi connectivity index (χ4v) is 3.68. The molecule has 3 N–H and O–H groups in total. The minimum atomic E-state index is -1.07. The van der Waals surface area contributed by atoms with Crippen molar-refractivity contribution in [1.82, 2.24) is 10.6 Å². The fraction of sp³-hybridized carbons (Fsp3) is 0.647. The van der Waals surface area contributed by atoms with Crippen LogP contribution < -0.4 is 10.6 Å². The van der Waals surface area contributed by atoms with Gasteiger partial charge in [-0.1, -0.05) is 18.9 Å². The zero-order valence-electron chi connectivity index (χ0n) is 13.8. The van der Waals surface area contributed by atoms with Gasteiger partial charge in [-0.25, -0.2) is 0 Å². The highest BCUT2D eigenvalue weighted by Gasteiger charge is 2.26. The SMILES string of the molecule is CC(CC(=O)NCC(C)(O)c1cccs1)NC(=O)C1CCCC1. The summed E-state index contributed by atoms with van der Waals surface area (Å²) in [5.41, 5.74) is -1.07. The number of carbonyl (C=O) groups excluding carboxylic acids is 2. The molecule has 0 bridgehead atoms. The topological polar surface area (TPSA) is 78.4 Å². The summed E-state index contributed by atoms with van der Waals surface area (Å²) in [5.74, 6) is 0.00880. The molecule has 2 amide bonds. The van der Waals surface area contributed by atoms with Crippen LogP contribution in [0.5, 0.6) is 0 Å². The Kier molecular flexibility index (Phi) is 6.18. The van der Waals surface area contributed by atoms with Crippen LogP contribution in [0.15, 0.2) is 17.5 Å². The second kappa shape index (κ2) is 7.93. The van der Waals surface area contributed by atoms with E-state index in [-0.39, 0.29) is 36.7 Å². The third-order valence-corrected chi connectivity index (χ3v) is 5.41. The number of hydrogen-bond acceptors (Lipinski definition) is 4. The van der Waals surface area contributed by atoms with Crippen molar-refractivity contribution in [2.75, 3.05) is 6.54 Å². The van der Waals surface area contributed by atoms with Crippen molar-refractivity contribution in [1.29, 1.82) is 0 Å². The van der Waals surface area contributed by atoms with Crippen LogP contribution in [-0.4, -0.2) is 29.5 Å². The van der Waals surface area contributed by atoms with Gasteiger partial charge in [0.05, 0.1) is 6.54 Å². The molecule has 23 heavy (non-hydrogen) atoms. The molecule has 0 aromatic carbocycles. The summed E-state index contributed by atoms with van der Waals surface area (Å²) in [6.45, 7) is 3.68. The van der Waals surface area contributed by atoms with Gasteiger partial charge in [0.1, 0.15) is 5.60 Å². The lowest BCUT2D eigenvalue weighted by Crippen LogP contribution is -2.42. The molecule has 0 saturated heterocycles. The van der Waals surface area contributed by atoms with E-state index in [4.69, 9.17) is 0 Å². The lowest BCUT2D eigenvalue weighted by molar-refractivity contribution is -0.126. The predicted molar refractivity (Wildman–Crippen MR) is 91.1 cm³/mol. The molecule has 6 heteroatoms. The maximum absolute atomic E-state index is 12.0. The summed E-state index contributed by atoms with van der Waals surface area (Å²) in [6.07, 6.45) is 4.36. The number of thiophene rings is 1. The molecule has 1 aliphatic carbocycles. The van der Waals surface area contributed by atoms with Gasteiger partial charge in [-0.15, -0.1) is 11.3 Å². The van der Waals surface area contributed by atoms with Crippen molar-refractivity contribution in [2.45, 2.75) is 57.6 Å². The number of aliphatic hydroxyl groups is 1. The summed E-state index contributed by atoms with van der Waals surface area (Å²) in [7, 11) is 0. The van der Waals surface area contributed by atoms with Gasteiger partial charge < -0.3 is 15.7 Å². The van der Waals surface area contributed by atoms with Crippen LogP contribution >= 0.6 is 11.3 Å². The molecule has 1 aromatic heterocycles. The molecule has 1 saturated carbocycles. The summed E-state index contributed by atoms with van der Waals surface area (Å²) in [6, 6.07) is 3.52. The molecular weight excluding hydrogens is 312 g/mol. The minimum absolute atomic E-state index is 0.0633. The largest absolute Gasteiger partial charge is 0.383 e. The van der Waals surface area contributed by atoms with E-state index < -0.39 is 5.60 Å². The predicted octanol–water partition coefficient (Wildman–Crippen LogP) is 2.16. The van der Waals surface area contributed by atoms with Crippen LogP contribution in [0.2, 0.25) is 0 Å². The van der Waals surface area contributed by atoms with Crippen molar-refractivity contribution in [3.8, 4) is 0 Å². The second-order valence-electron chi connectivity index (χ2n) is 6.62. The second-order valence-corrected chi connectivity index (χ2v) is 7.57. The van der Waals surface area contributed by atoms with Gasteiger partial charge in [-0.05, 0) is 38.1 Å². The van der Waals surface area contributed by atoms with E-state index in [0.717, 1.165) is 30.6 Å². The van der Waals surface area contributed by atoms with Crippen LogP contribution in [0.25, 0.3) is 0 Å². The Morgan fingerprint density at radius 3 is 2.74 bits per heavy atom. The van der Waals surface area contributed by atoms with E-state index in [1.165, 1.54) is 11.3 Å². The van der Waals surface area contributed by atoms with Gasteiger partial charge in [-0.2, -0.15) is 0 Å². The molecule has 5 nitrogen and oxygen atoms in total. The Balaban J connectivity index is 1.72. The highest BCUT2D eigenvalue weighted by molar-refractivity contribution is 7.10. The van der Waals surface area contributed by atoms with Crippen LogP contribution in [0, 0.1) is 5.92 Å². The Hall–Kier alpha value is -1.40. The first-order valence-electron chi connectivity index (χ1n) is 8.22.